The molecule has 6 heteroatoms. The van der Waals surface area contributed by atoms with Gasteiger partial charge in [0.05, 0.1) is 15.6 Å². The lowest BCUT2D eigenvalue weighted by atomic mass is 10.1. The first-order valence-electron chi connectivity index (χ1n) is 6.36. The van der Waals surface area contributed by atoms with Crippen molar-refractivity contribution in [2.75, 3.05) is 6.54 Å². The molecule has 108 valence electrons. The van der Waals surface area contributed by atoms with E-state index in [1.807, 2.05) is 32.2 Å². The molecule has 0 bridgehead atoms. The minimum absolute atomic E-state index is 0.315. The lowest BCUT2D eigenvalue weighted by Gasteiger charge is -2.08. The van der Waals surface area contributed by atoms with Crippen LogP contribution < -0.4 is 4.72 Å². The van der Waals surface area contributed by atoms with Gasteiger partial charge in [-0.05, 0) is 44.0 Å². The van der Waals surface area contributed by atoms with E-state index in [1.165, 1.54) is 0 Å². The van der Waals surface area contributed by atoms with Gasteiger partial charge < -0.3 is 0 Å². The van der Waals surface area contributed by atoms with Gasteiger partial charge in [-0.15, -0.1) is 11.3 Å². The summed E-state index contributed by atoms with van der Waals surface area (Å²) in [4.78, 5) is 4.63. The highest BCUT2D eigenvalue weighted by molar-refractivity contribution is 7.89. The van der Waals surface area contributed by atoms with Crippen LogP contribution in [0.25, 0.3) is 0 Å². The number of thiazole rings is 1. The fourth-order valence-electron chi connectivity index (χ4n) is 1.80. The van der Waals surface area contributed by atoms with E-state index in [0.717, 1.165) is 21.8 Å². The molecule has 0 spiro atoms. The van der Waals surface area contributed by atoms with Crippen LogP contribution in [0.2, 0.25) is 0 Å². The molecule has 1 aromatic carbocycles. The van der Waals surface area contributed by atoms with Crippen molar-refractivity contribution in [2.24, 2.45) is 0 Å². The minimum atomic E-state index is -3.44. The number of nitrogens with zero attached hydrogens (tertiary/aromatic N) is 1. The van der Waals surface area contributed by atoms with Gasteiger partial charge in [0.15, 0.2) is 0 Å². The highest BCUT2D eigenvalue weighted by Crippen LogP contribution is 2.14. The van der Waals surface area contributed by atoms with Crippen LogP contribution in [0.5, 0.6) is 0 Å². The maximum absolute atomic E-state index is 12.2. The van der Waals surface area contributed by atoms with E-state index in [2.05, 4.69) is 9.71 Å². The number of aromatic nitrogens is 1. The highest BCUT2D eigenvalue weighted by Gasteiger charge is 2.14. The Morgan fingerprint density at radius 2 is 1.95 bits per heavy atom. The van der Waals surface area contributed by atoms with Crippen molar-refractivity contribution >= 4 is 21.4 Å². The first-order chi connectivity index (χ1) is 9.38. The Hall–Kier alpha value is -1.24. The highest BCUT2D eigenvalue weighted by atomic mass is 32.2. The zero-order chi connectivity index (χ0) is 14.8. The van der Waals surface area contributed by atoms with Gasteiger partial charge in [-0.1, -0.05) is 6.07 Å². The third-order valence-corrected chi connectivity index (χ3v) is 5.41. The number of benzene rings is 1. The second-order valence-corrected chi connectivity index (χ2v) is 7.58. The molecular weight excluding hydrogens is 292 g/mol. The van der Waals surface area contributed by atoms with Crippen LogP contribution in [-0.4, -0.2) is 19.9 Å². The summed E-state index contributed by atoms with van der Waals surface area (Å²) >= 11 is 1.57. The Morgan fingerprint density at radius 3 is 2.55 bits per heavy atom. The molecule has 0 aliphatic heterocycles. The fraction of sp³-hybridized carbons (Fsp3) is 0.357. The van der Waals surface area contributed by atoms with Gasteiger partial charge in [0, 0.05) is 18.3 Å². The molecule has 4 nitrogen and oxygen atoms in total. The Labute approximate surface area is 123 Å². The first kappa shape index (κ1) is 15.2. The Bertz CT molecular complexity index is 706. The number of aryl methyl sites for hydroxylation is 3. The van der Waals surface area contributed by atoms with Crippen LogP contribution >= 0.6 is 11.3 Å². The average molecular weight is 310 g/mol. The summed E-state index contributed by atoms with van der Waals surface area (Å²) in [5.41, 5.74) is 2.99. The molecule has 0 amide bonds. The molecule has 20 heavy (non-hydrogen) atoms. The molecule has 0 saturated carbocycles. The van der Waals surface area contributed by atoms with Crippen LogP contribution in [0.15, 0.2) is 28.5 Å². The zero-order valence-electron chi connectivity index (χ0n) is 11.8. The van der Waals surface area contributed by atoms with Gasteiger partial charge >= 0.3 is 0 Å². The number of rotatable bonds is 5. The molecule has 0 fully saturated rings. The largest absolute Gasteiger partial charge is 0.247 e. The van der Waals surface area contributed by atoms with E-state index < -0.39 is 10.0 Å². The summed E-state index contributed by atoms with van der Waals surface area (Å²) in [7, 11) is -3.44. The second kappa shape index (κ2) is 6.03. The molecule has 2 aromatic rings. The maximum atomic E-state index is 12.2. The molecule has 0 radical (unpaired) electrons. The Morgan fingerprint density at radius 1 is 1.20 bits per heavy atom. The van der Waals surface area contributed by atoms with Crippen LogP contribution in [0.4, 0.5) is 0 Å². The zero-order valence-corrected chi connectivity index (χ0v) is 13.4. The van der Waals surface area contributed by atoms with Crippen molar-refractivity contribution in [1.29, 1.82) is 0 Å². The summed E-state index contributed by atoms with van der Waals surface area (Å²) < 4.78 is 26.9. The summed E-state index contributed by atoms with van der Waals surface area (Å²) in [6.45, 7) is 6.17. The standard InChI is InChI=1S/C14H18N2O2S2/c1-10-4-5-14(8-11(10)2)20(17,18)15-7-6-13-9-19-12(3)16-13/h4-5,8-9,15H,6-7H2,1-3H3. The summed E-state index contributed by atoms with van der Waals surface area (Å²) in [6.07, 6.45) is 0.606. The van der Waals surface area contributed by atoms with Crippen molar-refractivity contribution in [1.82, 2.24) is 9.71 Å². The molecule has 0 unspecified atom stereocenters. The predicted octanol–water partition coefficient (Wildman–Crippen LogP) is 2.59. The summed E-state index contributed by atoms with van der Waals surface area (Å²) in [5, 5.41) is 2.96. The SMILES string of the molecule is Cc1nc(CCNS(=O)(=O)c2ccc(C)c(C)c2)cs1. The molecule has 1 aromatic heterocycles. The van der Waals surface area contributed by atoms with E-state index in [9.17, 15) is 8.42 Å². The quantitative estimate of drug-likeness (QED) is 0.923. The van der Waals surface area contributed by atoms with Crippen molar-refractivity contribution in [3.05, 3.63) is 45.4 Å². The van der Waals surface area contributed by atoms with E-state index >= 15 is 0 Å². The molecule has 0 aliphatic carbocycles. The van der Waals surface area contributed by atoms with Crippen LogP contribution in [0.3, 0.4) is 0 Å². The third-order valence-electron chi connectivity index (χ3n) is 3.13. The van der Waals surface area contributed by atoms with Crippen molar-refractivity contribution < 1.29 is 8.42 Å². The minimum Gasteiger partial charge on any atom is -0.247 e. The molecule has 0 atom stereocenters. The van der Waals surface area contributed by atoms with Gasteiger partial charge in [0.1, 0.15) is 0 Å². The molecule has 0 saturated heterocycles. The summed E-state index contributed by atoms with van der Waals surface area (Å²) in [5.74, 6) is 0. The topological polar surface area (TPSA) is 59.1 Å². The third kappa shape index (κ3) is 3.65. The molecule has 1 heterocycles. The number of nitrogens with one attached hydrogen (secondary N) is 1. The van der Waals surface area contributed by atoms with Gasteiger partial charge in [-0.3, -0.25) is 0 Å². The molecule has 0 aliphatic rings. The van der Waals surface area contributed by atoms with E-state index in [1.54, 1.807) is 23.5 Å². The predicted molar refractivity (Wildman–Crippen MR) is 81.7 cm³/mol. The Kier molecular flexibility index (Phi) is 4.57. The number of hydrogen-bond acceptors (Lipinski definition) is 4. The normalized spacial score (nSPS) is 11.8. The van der Waals surface area contributed by atoms with Gasteiger partial charge in [0.25, 0.3) is 0 Å². The number of sulfonamides is 1. The lowest BCUT2D eigenvalue weighted by molar-refractivity contribution is 0.581. The van der Waals surface area contributed by atoms with Crippen molar-refractivity contribution in [2.45, 2.75) is 32.1 Å². The van der Waals surface area contributed by atoms with Crippen LogP contribution in [0, 0.1) is 20.8 Å². The van der Waals surface area contributed by atoms with E-state index in [-0.39, 0.29) is 0 Å². The number of hydrogen-bond donors (Lipinski definition) is 1. The smallest absolute Gasteiger partial charge is 0.240 e. The lowest BCUT2D eigenvalue weighted by Crippen LogP contribution is -2.26. The monoisotopic (exact) mass is 310 g/mol. The average Bonchev–Trinajstić information content (AvgIpc) is 2.78. The molecule has 1 N–H and O–H groups in total. The second-order valence-electron chi connectivity index (χ2n) is 4.75. The first-order valence-corrected chi connectivity index (χ1v) is 8.73. The van der Waals surface area contributed by atoms with E-state index in [0.29, 0.717) is 17.9 Å². The molecule has 2 rings (SSSR count). The van der Waals surface area contributed by atoms with Gasteiger partial charge in [0.2, 0.25) is 10.0 Å². The Balaban J connectivity index is 2.02. The van der Waals surface area contributed by atoms with Crippen LogP contribution in [-0.2, 0) is 16.4 Å². The van der Waals surface area contributed by atoms with Crippen LogP contribution in [0.1, 0.15) is 21.8 Å². The van der Waals surface area contributed by atoms with Crippen molar-refractivity contribution in [3.8, 4) is 0 Å². The van der Waals surface area contributed by atoms with Gasteiger partial charge in [-0.25, -0.2) is 18.1 Å². The molecular formula is C14H18N2O2S2. The summed E-state index contributed by atoms with van der Waals surface area (Å²) in [6, 6.07) is 5.16. The fourth-order valence-corrected chi connectivity index (χ4v) is 3.56. The van der Waals surface area contributed by atoms with Gasteiger partial charge in [-0.2, -0.15) is 0 Å². The van der Waals surface area contributed by atoms with Crippen molar-refractivity contribution in [3.63, 3.8) is 0 Å². The van der Waals surface area contributed by atoms with E-state index in [4.69, 9.17) is 0 Å². The maximum Gasteiger partial charge on any atom is 0.240 e.